The molecule has 0 saturated carbocycles. The smallest absolute Gasteiger partial charge is 0.282 e. The molecule has 0 atom stereocenters. The minimum Gasteiger partial charge on any atom is -0.493 e. The third-order valence-corrected chi connectivity index (χ3v) is 3.73. The highest BCUT2D eigenvalue weighted by molar-refractivity contribution is 5.81. The van der Waals surface area contributed by atoms with Gasteiger partial charge >= 0.3 is 0 Å². The van der Waals surface area contributed by atoms with Gasteiger partial charge in [0.1, 0.15) is 5.82 Å². The predicted octanol–water partition coefficient (Wildman–Crippen LogP) is 2.99. The first-order valence-corrected chi connectivity index (χ1v) is 7.97. The molecule has 0 amide bonds. The molecule has 0 spiro atoms. The van der Waals surface area contributed by atoms with Crippen LogP contribution >= 0.6 is 0 Å². The summed E-state index contributed by atoms with van der Waals surface area (Å²) in [5.74, 6) is 1.81. The molecule has 0 aliphatic rings. The maximum Gasteiger partial charge on any atom is 0.282 e. The summed E-state index contributed by atoms with van der Waals surface area (Å²) in [5.41, 5.74) is 1.26. The van der Waals surface area contributed by atoms with E-state index in [9.17, 15) is 4.79 Å². The summed E-state index contributed by atoms with van der Waals surface area (Å²) in [6.45, 7) is 4.22. The minimum absolute atomic E-state index is 0.197. The molecule has 1 aromatic heterocycles. The number of aryl methyl sites for hydroxylation is 1. The van der Waals surface area contributed by atoms with Crippen LogP contribution in [0.2, 0.25) is 0 Å². The first-order valence-electron chi connectivity index (χ1n) is 7.97. The zero-order valence-electron chi connectivity index (χ0n) is 14.4. The van der Waals surface area contributed by atoms with Gasteiger partial charge in [-0.3, -0.25) is 4.79 Å². The van der Waals surface area contributed by atoms with Gasteiger partial charge in [-0.1, -0.05) is 12.1 Å². The predicted molar refractivity (Wildman–Crippen MR) is 97.9 cm³/mol. The first-order chi connectivity index (χ1) is 12.1. The SMILES string of the molecule is CCOc1ccc(C=Nn2c(C)nc3ccccc3c2=O)cc1OC. The lowest BCUT2D eigenvalue weighted by molar-refractivity contribution is 0.311. The fourth-order valence-electron chi connectivity index (χ4n) is 2.53. The molecule has 3 rings (SSSR count). The van der Waals surface area contributed by atoms with E-state index in [1.807, 2.05) is 43.3 Å². The van der Waals surface area contributed by atoms with E-state index in [4.69, 9.17) is 9.47 Å². The van der Waals surface area contributed by atoms with Crippen LogP contribution in [0.4, 0.5) is 0 Å². The molecule has 0 unspecified atom stereocenters. The van der Waals surface area contributed by atoms with E-state index in [1.165, 1.54) is 4.68 Å². The lowest BCUT2D eigenvalue weighted by atomic mass is 10.2. The van der Waals surface area contributed by atoms with Crippen LogP contribution in [0.3, 0.4) is 0 Å². The van der Waals surface area contributed by atoms with Gasteiger partial charge in [-0.2, -0.15) is 9.78 Å². The Morgan fingerprint density at radius 2 is 2.00 bits per heavy atom. The van der Waals surface area contributed by atoms with Crippen molar-refractivity contribution in [2.45, 2.75) is 13.8 Å². The third-order valence-electron chi connectivity index (χ3n) is 3.73. The standard InChI is InChI=1S/C19H19N3O3/c1-4-25-17-10-9-14(11-18(17)24-3)12-20-22-13(2)21-16-8-6-5-7-15(16)19(22)23/h5-12H,4H2,1-3H3. The zero-order valence-corrected chi connectivity index (χ0v) is 14.4. The lowest BCUT2D eigenvalue weighted by Gasteiger charge is -2.09. The van der Waals surface area contributed by atoms with E-state index in [-0.39, 0.29) is 5.56 Å². The van der Waals surface area contributed by atoms with Crippen molar-refractivity contribution < 1.29 is 9.47 Å². The number of ether oxygens (including phenoxy) is 2. The van der Waals surface area contributed by atoms with Crippen LogP contribution in [0, 0.1) is 6.92 Å². The van der Waals surface area contributed by atoms with E-state index in [0.717, 1.165) is 5.56 Å². The highest BCUT2D eigenvalue weighted by Crippen LogP contribution is 2.27. The highest BCUT2D eigenvalue weighted by atomic mass is 16.5. The van der Waals surface area contributed by atoms with Crippen molar-refractivity contribution in [3.05, 3.63) is 64.2 Å². The second kappa shape index (κ2) is 7.17. The fourth-order valence-corrected chi connectivity index (χ4v) is 2.53. The molecule has 0 radical (unpaired) electrons. The van der Waals surface area contributed by atoms with Crippen LogP contribution in [0.5, 0.6) is 11.5 Å². The summed E-state index contributed by atoms with van der Waals surface area (Å²) >= 11 is 0. The lowest BCUT2D eigenvalue weighted by Crippen LogP contribution is -2.20. The molecule has 6 heteroatoms. The normalized spacial score (nSPS) is 11.2. The van der Waals surface area contributed by atoms with E-state index in [1.54, 1.807) is 26.3 Å². The Morgan fingerprint density at radius 1 is 1.20 bits per heavy atom. The monoisotopic (exact) mass is 337 g/mol. The van der Waals surface area contributed by atoms with Gasteiger partial charge in [-0.05, 0) is 49.7 Å². The third kappa shape index (κ3) is 3.38. The van der Waals surface area contributed by atoms with E-state index < -0.39 is 0 Å². The van der Waals surface area contributed by atoms with E-state index in [2.05, 4.69) is 10.1 Å². The van der Waals surface area contributed by atoms with Gasteiger partial charge in [0.25, 0.3) is 5.56 Å². The van der Waals surface area contributed by atoms with Crippen molar-refractivity contribution in [2.24, 2.45) is 5.10 Å². The number of benzene rings is 2. The van der Waals surface area contributed by atoms with Gasteiger partial charge in [0.2, 0.25) is 0 Å². The molecule has 2 aromatic carbocycles. The molecule has 6 nitrogen and oxygen atoms in total. The van der Waals surface area contributed by atoms with Crippen molar-refractivity contribution >= 4 is 17.1 Å². The number of hydrogen-bond donors (Lipinski definition) is 0. The van der Waals surface area contributed by atoms with Crippen LogP contribution in [-0.4, -0.2) is 29.6 Å². The van der Waals surface area contributed by atoms with E-state index in [0.29, 0.717) is 34.8 Å². The number of fused-ring (bicyclic) bond motifs is 1. The Balaban J connectivity index is 2.00. The molecule has 0 N–H and O–H groups in total. The van der Waals surface area contributed by atoms with Crippen LogP contribution < -0.4 is 15.0 Å². The van der Waals surface area contributed by atoms with Crippen molar-refractivity contribution in [2.75, 3.05) is 13.7 Å². The number of aromatic nitrogens is 2. The van der Waals surface area contributed by atoms with Crippen LogP contribution in [0.15, 0.2) is 52.4 Å². The number of rotatable bonds is 5. The van der Waals surface area contributed by atoms with Crippen molar-refractivity contribution in [3.8, 4) is 11.5 Å². The van der Waals surface area contributed by atoms with Crippen LogP contribution in [0.1, 0.15) is 18.3 Å². The van der Waals surface area contributed by atoms with Crippen molar-refractivity contribution in [1.29, 1.82) is 0 Å². The van der Waals surface area contributed by atoms with Crippen molar-refractivity contribution in [3.63, 3.8) is 0 Å². The van der Waals surface area contributed by atoms with Gasteiger partial charge < -0.3 is 9.47 Å². The molecule has 0 bridgehead atoms. The molecule has 0 aliphatic heterocycles. The van der Waals surface area contributed by atoms with Crippen molar-refractivity contribution in [1.82, 2.24) is 9.66 Å². The largest absolute Gasteiger partial charge is 0.493 e. The average Bonchev–Trinajstić information content (AvgIpc) is 2.62. The summed E-state index contributed by atoms with van der Waals surface area (Å²) in [5, 5.41) is 4.83. The second-order valence-corrected chi connectivity index (χ2v) is 5.38. The molecule has 0 aliphatic carbocycles. The summed E-state index contributed by atoms with van der Waals surface area (Å²) in [6, 6.07) is 12.7. The number of hydrogen-bond acceptors (Lipinski definition) is 5. The zero-order chi connectivity index (χ0) is 17.8. The quantitative estimate of drug-likeness (QED) is 0.671. The van der Waals surface area contributed by atoms with Gasteiger partial charge in [-0.15, -0.1) is 0 Å². The molecule has 0 fully saturated rings. The maximum atomic E-state index is 12.6. The molecular weight excluding hydrogens is 318 g/mol. The van der Waals surface area contributed by atoms with Gasteiger partial charge in [0.15, 0.2) is 11.5 Å². The molecule has 1 heterocycles. The molecule has 3 aromatic rings. The van der Waals surface area contributed by atoms with Crippen LogP contribution in [0.25, 0.3) is 10.9 Å². The maximum absolute atomic E-state index is 12.6. The van der Waals surface area contributed by atoms with Crippen LogP contribution in [-0.2, 0) is 0 Å². The summed E-state index contributed by atoms with van der Waals surface area (Å²) in [4.78, 5) is 17.0. The molecule has 0 saturated heterocycles. The Labute approximate surface area is 145 Å². The van der Waals surface area contributed by atoms with Gasteiger partial charge in [0.05, 0.1) is 30.8 Å². The average molecular weight is 337 g/mol. The Bertz CT molecular complexity index is 993. The summed E-state index contributed by atoms with van der Waals surface area (Å²) in [6.07, 6.45) is 1.60. The number of methoxy groups -OCH3 is 1. The molecular formula is C19H19N3O3. The first kappa shape index (κ1) is 16.7. The summed E-state index contributed by atoms with van der Waals surface area (Å²) < 4.78 is 12.1. The van der Waals surface area contributed by atoms with Gasteiger partial charge in [-0.25, -0.2) is 4.98 Å². The second-order valence-electron chi connectivity index (χ2n) is 5.38. The Morgan fingerprint density at radius 3 is 2.76 bits per heavy atom. The highest BCUT2D eigenvalue weighted by Gasteiger charge is 2.07. The topological polar surface area (TPSA) is 65.7 Å². The molecule has 25 heavy (non-hydrogen) atoms. The molecule has 128 valence electrons. The number of nitrogens with zero attached hydrogens (tertiary/aromatic N) is 3. The Kier molecular flexibility index (Phi) is 4.79. The Hall–Kier alpha value is -3.15. The van der Waals surface area contributed by atoms with Gasteiger partial charge in [0, 0.05) is 0 Å². The van der Waals surface area contributed by atoms with E-state index >= 15 is 0 Å². The summed E-state index contributed by atoms with van der Waals surface area (Å²) in [7, 11) is 1.58. The number of para-hydroxylation sites is 1. The fraction of sp³-hybridized carbons (Fsp3) is 0.211. The minimum atomic E-state index is -0.197.